The summed E-state index contributed by atoms with van der Waals surface area (Å²) in [5.41, 5.74) is 2.83. The normalized spacial score (nSPS) is 41.1. The van der Waals surface area contributed by atoms with E-state index in [4.69, 9.17) is 4.98 Å². The Labute approximate surface area is 164 Å². The maximum absolute atomic E-state index is 9.63. The Kier molecular flexibility index (Phi) is 3.52. The summed E-state index contributed by atoms with van der Waals surface area (Å²) in [5.74, 6) is 0.913. The lowest BCUT2D eigenvalue weighted by Gasteiger charge is -2.56. The molecular weight excluding hydrogens is 352 g/mol. The molecule has 6 heteroatoms. The second-order valence-corrected chi connectivity index (χ2v) is 10.1. The molecule has 0 atom stereocenters. The predicted molar refractivity (Wildman–Crippen MR) is 108 cm³/mol. The van der Waals surface area contributed by atoms with Crippen molar-refractivity contribution >= 4 is 22.4 Å². The number of fused-ring (bicyclic) bond motifs is 1. The minimum atomic E-state index is -0.0795. The summed E-state index contributed by atoms with van der Waals surface area (Å²) in [6, 6.07) is 5.10. The van der Waals surface area contributed by atoms with Gasteiger partial charge in [-0.3, -0.25) is 4.98 Å². The van der Waals surface area contributed by atoms with Crippen LogP contribution >= 0.6 is 0 Å². The number of nitrogens with zero attached hydrogens (tertiary/aromatic N) is 2. The fourth-order valence-corrected chi connectivity index (χ4v) is 6.42. The second kappa shape index (κ2) is 5.80. The van der Waals surface area contributed by atoms with Gasteiger partial charge in [-0.05, 0) is 68.3 Å². The maximum Gasteiger partial charge on any atom is 0.129 e. The van der Waals surface area contributed by atoms with Crippen molar-refractivity contribution in [2.24, 2.45) is 10.8 Å². The molecule has 6 rings (SSSR count). The molecule has 6 nitrogen and oxygen atoms in total. The van der Waals surface area contributed by atoms with Gasteiger partial charge in [0.05, 0.1) is 23.9 Å². The van der Waals surface area contributed by atoms with Crippen molar-refractivity contribution in [2.75, 3.05) is 10.6 Å². The van der Waals surface area contributed by atoms with Gasteiger partial charge < -0.3 is 20.8 Å². The molecule has 148 valence electrons. The third-order valence-corrected chi connectivity index (χ3v) is 7.72. The van der Waals surface area contributed by atoms with Gasteiger partial charge >= 0.3 is 0 Å². The fourth-order valence-electron chi connectivity index (χ4n) is 6.42. The molecule has 0 saturated heterocycles. The third kappa shape index (κ3) is 2.69. The van der Waals surface area contributed by atoms with Crippen molar-refractivity contribution in [3.8, 4) is 0 Å². The summed E-state index contributed by atoms with van der Waals surface area (Å²) in [4.78, 5) is 9.04. The van der Waals surface area contributed by atoms with E-state index in [1.54, 1.807) is 0 Å². The van der Waals surface area contributed by atoms with Crippen molar-refractivity contribution in [1.29, 1.82) is 0 Å². The highest BCUT2D eigenvalue weighted by Crippen LogP contribution is 2.57. The molecule has 2 heterocycles. The van der Waals surface area contributed by atoms with E-state index < -0.39 is 0 Å². The van der Waals surface area contributed by atoms with E-state index in [9.17, 15) is 10.2 Å². The van der Waals surface area contributed by atoms with Gasteiger partial charge in [0.25, 0.3) is 0 Å². The van der Waals surface area contributed by atoms with Gasteiger partial charge in [-0.1, -0.05) is 0 Å². The summed E-state index contributed by atoms with van der Waals surface area (Å²) in [6.45, 7) is 0. The number of aliphatic hydroxyl groups is 2. The molecule has 28 heavy (non-hydrogen) atoms. The Bertz CT molecular complexity index is 904. The number of pyridine rings is 2. The highest BCUT2D eigenvalue weighted by atomic mass is 16.3. The smallest absolute Gasteiger partial charge is 0.129 e. The molecule has 0 amide bonds. The van der Waals surface area contributed by atoms with E-state index in [0.29, 0.717) is 22.9 Å². The molecule has 0 unspecified atom stereocenters. The molecule has 0 aliphatic heterocycles. The molecule has 2 aromatic heterocycles. The SMILES string of the molecule is OC1CC2(C1)CC(Nc1cc(NC3CC4(CC(O)C4)C3)c3ccncc3n1)C2. The second-order valence-electron chi connectivity index (χ2n) is 10.1. The number of aliphatic hydroxyl groups excluding tert-OH is 2. The van der Waals surface area contributed by atoms with Crippen LogP contribution in [-0.4, -0.2) is 44.5 Å². The topological polar surface area (TPSA) is 90.3 Å². The Morgan fingerprint density at radius 3 is 2.07 bits per heavy atom. The van der Waals surface area contributed by atoms with Gasteiger partial charge in [0.2, 0.25) is 0 Å². The van der Waals surface area contributed by atoms with Crippen LogP contribution in [0.2, 0.25) is 0 Å². The molecule has 4 aliphatic rings. The van der Waals surface area contributed by atoms with Crippen molar-refractivity contribution in [1.82, 2.24) is 9.97 Å². The van der Waals surface area contributed by atoms with Crippen LogP contribution < -0.4 is 10.6 Å². The van der Waals surface area contributed by atoms with Crippen LogP contribution in [0.1, 0.15) is 51.4 Å². The van der Waals surface area contributed by atoms with Gasteiger partial charge in [0.15, 0.2) is 0 Å². The monoisotopic (exact) mass is 380 g/mol. The van der Waals surface area contributed by atoms with Crippen LogP contribution in [-0.2, 0) is 0 Å². The third-order valence-electron chi connectivity index (χ3n) is 7.72. The Morgan fingerprint density at radius 2 is 1.46 bits per heavy atom. The molecule has 0 radical (unpaired) electrons. The average molecular weight is 380 g/mol. The highest BCUT2D eigenvalue weighted by Gasteiger charge is 2.53. The molecule has 4 fully saturated rings. The van der Waals surface area contributed by atoms with Crippen molar-refractivity contribution < 1.29 is 10.2 Å². The predicted octanol–water partition coefficient (Wildman–Crippen LogP) is 3.06. The molecule has 4 saturated carbocycles. The Hall–Kier alpha value is -1.92. The lowest BCUT2D eigenvalue weighted by atomic mass is 9.53. The number of anilines is 2. The van der Waals surface area contributed by atoms with Crippen LogP contribution in [0, 0.1) is 10.8 Å². The maximum atomic E-state index is 9.63. The lowest BCUT2D eigenvalue weighted by Crippen LogP contribution is -2.54. The molecule has 0 aromatic carbocycles. The van der Waals surface area contributed by atoms with E-state index in [1.165, 1.54) is 0 Å². The van der Waals surface area contributed by atoms with Crippen molar-refractivity contribution in [3.63, 3.8) is 0 Å². The zero-order valence-corrected chi connectivity index (χ0v) is 16.1. The van der Waals surface area contributed by atoms with Crippen molar-refractivity contribution in [2.45, 2.75) is 75.7 Å². The molecule has 0 bridgehead atoms. The quantitative estimate of drug-likeness (QED) is 0.652. The van der Waals surface area contributed by atoms with Gasteiger partial charge in [0.1, 0.15) is 5.82 Å². The molecule has 4 N–H and O–H groups in total. The van der Waals surface area contributed by atoms with Crippen molar-refractivity contribution in [3.05, 3.63) is 24.5 Å². The van der Waals surface area contributed by atoms with Crippen LogP contribution in [0.5, 0.6) is 0 Å². The highest BCUT2D eigenvalue weighted by molar-refractivity contribution is 5.92. The molecule has 2 spiro atoms. The van der Waals surface area contributed by atoms with E-state index in [-0.39, 0.29) is 12.2 Å². The largest absolute Gasteiger partial charge is 0.393 e. The number of hydrogen-bond acceptors (Lipinski definition) is 6. The van der Waals surface area contributed by atoms with Crippen LogP contribution in [0.4, 0.5) is 11.5 Å². The summed E-state index contributed by atoms with van der Waals surface area (Å²) >= 11 is 0. The van der Waals surface area contributed by atoms with Gasteiger partial charge in [-0.15, -0.1) is 0 Å². The zero-order valence-electron chi connectivity index (χ0n) is 16.1. The van der Waals surface area contributed by atoms with Crippen LogP contribution in [0.25, 0.3) is 10.9 Å². The summed E-state index contributed by atoms with van der Waals surface area (Å²) in [6.07, 6.45) is 11.9. The zero-order chi connectivity index (χ0) is 18.9. The first-order valence-corrected chi connectivity index (χ1v) is 10.6. The molecule has 2 aromatic rings. The standard InChI is InChI=1S/C22H28N4O2/c27-15-8-21(9-15)4-13(5-21)24-18-3-20(26-19-12-23-2-1-17(18)19)25-14-6-22(7-14)10-16(28)11-22/h1-3,12-16,27-28H,4-11H2,(H2,24,25,26). The first-order chi connectivity index (χ1) is 13.5. The number of nitrogens with one attached hydrogen (secondary N) is 2. The lowest BCUT2D eigenvalue weighted by molar-refractivity contribution is -0.0870. The summed E-state index contributed by atoms with van der Waals surface area (Å²) in [7, 11) is 0. The van der Waals surface area contributed by atoms with E-state index in [0.717, 1.165) is 73.8 Å². The van der Waals surface area contributed by atoms with E-state index >= 15 is 0 Å². The Morgan fingerprint density at radius 1 is 0.857 bits per heavy atom. The average Bonchev–Trinajstić information content (AvgIpc) is 2.55. The van der Waals surface area contributed by atoms with Crippen LogP contribution in [0.15, 0.2) is 24.5 Å². The summed E-state index contributed by atoms with van der Waals surface area (Å²) < 4.78 is 0. The number of rotatable bonds is 4. The minimum Gasteiger partial charge on any atom is -0.393 e. The first-order valence-electron chi connectivity index (χ1n) is 10.6. The summed E-state index contributed by atoms with van der Waals surface area (Å²) in [5, 5.41) is 27.7. The number of hydrogen-bond donors (Lipinski definition) is 4. The van der Waals surface area contributed by atoms with Gasteiger partial charge in [-0.25, -0.2) is 4.98 Å². The minimum absolute atomic E-state index is 0.0767. The molecule has 4 aliphatic carbocycles. The first kappa shape index (κ1) is 17.0. The van der Waals surface area contributed by atoms with Gasteiger partial charge in [-0.2, -0.15) is 0 Å². The number of aromatic nitrogens is 2. The van der Waals surface area contributed by atoms with Crippen LogP contribution in [0.3, 0.4) is 0 Å². The molecular formula is C22H28N4O2. The fraction of sp³-hybridized carbons (Fsp3) is 0.636. The Balaban J connectivity index is 1.17. The van der Waals surface area contributed by atoms with E-state index in [2.05, 4.69) is 21.7 Å². The van der Waals surface area contributed by atoms with E-state index in [1.807, 2.05) is 18.5 Å². The van der Waals surface area contributed by atoms with Gasteiger partial charge in [0, 0.05) is 35.4 Å².